The second kappa shape index (κ2) is 8.03. The van der Waals surface area contributed by atoms with Crippen molar-refractivity contribution in [2.45, 2.75) is 13.0 Å². The van der Waals surface area contributed by atoms with Gasteiger partial charge in [0.15, 0.2) is 0 Å². The van der Waals surface area contributed by atoms with E-state index in [-0.39, 0.29) is 10.8 Å². The van der Waals surface area contributed by atoms with E-state index >= 15 is 0 Å². The van der Waals surface area contributed by atoms with E-state index < -0.39 is 27.8 Å². The Bertz CT molecular complexity index is 1090. The van der Waals surface area contributed by atoms with Crippen molar-refractivity contribution in [2.24, 2.45) is 0 Å². The summed E-state index contributed by atoms with van der Waals surface area (Å²) in [6, 6.07) is 13.5. The summed E-state index contributed by atoms with van der Waals surface area (Å²) in [7, 11) is -3.91. The molecular formula is C18H17FN4O3S2. The zero-order valence-electron chi connectivity index (χ0n) is 15.0. The molecule has 28 heavy (non-hydrogen) atoms. The lowest BCUT2D eigenvalue weighted by Crippen LogP contribution is -2.45. The second-order valence-corrected chi connectivity index (χ2v) is 8.79. The van der Waals surface area contributed by atoms with Crippen molar-refractivity contribution in [2.75, 3.05) is 15.9 Å². The number of amides is 1. The highest BCUT2D eigenvalue weighted by atomic mass is 32.2. The summed E-state index contributed by atoms with van der Waals surface area (Å²) in [6.45, 7) is 1.38. The minimum atomic E-state index is -3.91. The number of rotatable bonds is 6. The normalized spacial score (nSPS) is 12.4. The van der Waals surface area contributed by atoms with Gasteiger partial charge in [-0.15, -0.1) is 10.2 Å². The lowest BCUT2D eigenvalue weighted by Gasteiger charge is -2.28. The molecule has 0 spiro atoms. The third kappa shape index (κ3) is 4.34. The van der Waals surface area contributed by atoms with Crippen LogP contribution < -0.4 is 9.62 Å². The number of carbonyl (C=O) groups excluding carboxylic acids is 1. The van der Waals surface area contributed by atoms with Gasteiger partial charge in [-0.05, 0) is 19.1 Å². The maximum atomic E-state index is 14.2. The van der Waals surface area contributed by atoms with Crippen LogP contribution in [0.1, 0.15) is 6.92 Å². The zero-order valence-corrected chi connectivity index (χ0v) is 16.7. The SMILES string of the molecule is C[C@@H](C(=O)Nc1nnc(-c2ccccc2)s1)N(c1ccccc1F)S(C)(=O)=O. The lowest BCUT2D eigenvalue weighted by atomic mass is 10.2. The van der Waals surface area contributed by atoms with E-state index in [0.717, 1.165) is 33.5 Å². The van der Waals surface area contributed by atoms with Gasteiger partial charge in [0, 0.05) is 5.56 Å². The molecule has 3 aromatic rings. The summed E-state index contributed by atoms with van der Waals surface area (Å²) >= 11 is 1.15. The number of nitrogens with zero attached hydrogens (tertiary/aromatic N) is 3. The van der Waals surface area contributed by atoms with Crippen LogP contribution in [0.15, 0.2) is 54.6 Å². The Morgan fingerprint density at radius 3 is 2.39 bits per heavy atom. The predicted octanol–water partition coefficient (Wildman–Crippen LogP) is 3.14. The highest BCUT2D eigenvalue weighted by molar-refractivity contribution is 7.92. The van der Waals surface area contributed by atoms with Gasteiger partial charge in [-0.2, -0.15) is 0 Å². The van der Waals surface area contributed by atoms with Gasteiger partial charge in [-0.25, -0.2) is 12.8 Å². The molecule has 0 bridgehead atoms. The Hall–Kier alpha value is -2.85. The van der Waals surface area contributed by atoms with Crippen LogP contribution in [0.3, 0.4) is 0 Å². The summed E-state index contributed by atoms with van der Waals surface area (Å²) < 4.78 is 39.4. The van der Waals surface area contributed by atoms with E-state index in [9.17, 15) is 17.6 Å². The Labute approximate surface area is 165 Å². The molecule has 0 fully saturated rings. The predicted molar refractivity (Wildman–Crippen MR) is 107 cm³/mol. The fourth-order valence-electron chi connectivity index (χ4n) is 2.59. The number of hydrogen-bond acceptors (Lipinski definition) is 6. The molecule has 146 valence electrons. The second-order valence-electron chi connectivity index (χ2n) is 5.95. The first-order chi connectivity index (χ1) is 13.3. The zero-order chi connectivity index (χ0) is 20.3. The van der Waals surface area contributed by atoms with Crippen molar-refractivity contribution in [3.05, 3.63) is 60.4 Å². The number of halogens is 1. The molecule has 0 aliphatic rings. The first kappa shape index (κ1) is 19.9. The Morgan fingerprint density at radius 1 is 1.11 bits per heavy atom. The van der Waals surface area contributed by atoms with Crippen molar-refractivity contribution < 1.29 is 17.6 Å². The third-order valence-corrected chi connectivity index (χ3v) is 5.97. The number of hydrogen-bond donors (Lipinski definition) is 1. The standard InChI is InChI=1S/C18H17FN4O3S2/c1-12(23(28(2,25)26)15-11-7-6-10-14(15)19)16(24)20-18-22-21-17(27-18)13-8-4-3-5-9-13/h3-12H,1-2H3,(H,20,22,24)/t12-/m0/s1. The van der Waals surface area contributed by atoms with Crippen molar-refractivity contribution in [3.8, 4) is 10.6 Å². The maximum absolute atomic E-state index is 14.2. The minimum absolute atomic E-state index is 0.199. The van der Waals surface area contributed by atoms with Crippen LogP contribution in [0.4, 0.5) is 15.2 Å². The van der Waals surface area contributed by atoms with Gasteiger partial charge in [-0.1, -0.05) is 53.8 Å². The highest BCUT2D eigenvalue weighted by Crippen LogP contribution is 2.27. The van der Waals surface area contributed by atoms with E-state index in [1.165, 1.54) is 25.1 Å². The molecule has 1 N–H and O–H groups in total. The van der Waals surface area contributed by atoms with Gasteiger partial charge in [0.2, 0.25) is 21.1 Å². The van der Waals surface area contributed by atoms with Gasteiger partial charge >= 0.3 is 0 Å². The van der Waals surface area contributed by atoms with Crippen LogP contribution in [-0.2, 0) is 14.8 Å². The smallest absolute Gasteiger partial charge is 0.249 e. The number of aromatic nitrogens is 2. The molecule has 7 nitrogen and oxygen atoms in total. The third-order valence-electron chi connectivity index (χ3n) is 3.85. The van der Waals surface area contributed by atoms with E-state index in [2.05, 4.69) is 15.5 Å². The first-order valence-electron chi connectivity index (χ1n) is 8.21. The molecule has 0 radical (unpaired) electrons. The van der Waals surface area contributed by atoms with E-state index in [4.69, 9.17) is 0 Å². The summed E-state index contributed by atoms with van der Waals surface area (Å²) in [5.41, 5.74) is 0.646. The summed E-state index contributed by atoms with van der Waals surface area (Å²) in [5, 5.41) is 11.3. The van der Waals surface area contributed by atoms with Crippen LogP contribution in [-0.4, -0.2) is 36.8 Å². The van der Waals surface area contributed by atoms with Crippen LogP contribution in [0.5, 0.6) is 0 Å². The van der Waals surface area contributed by atoms with Crippen LogP contribution in [0.2, 0.25) is 0 Å². The van der Waals surface area contributed by atoms with Gasteiger partial charge in [0.25, 0.3) is 0 Å². The molecule has 0 aliphatic carbocycles. The van der Waals surface area contributed by atoms with Gasteiger partial charge in [0.05, 0.1) is 11.9 Å². The Balaban J connectivity index is 1.83. The molecular weight excluding hydrogens is 403 g/mol. The summed E-state index contributed by atoms with van der Waals surface area (Å²) in [4.78, 5) is 12.6. The molecule has 1 heterocycles. The van der Waals surface area contributed by atoms with E-state index in [1.54, 1.807) is 0 Å². The summed E-state index contributed by atoms with van der Waals surface area (Å²) in [5.74, 6) is -1.39. The molecule has 0 saturated carbocycles. The Morgan fingerprint density at radius 2 is 1.75 bits per heavy atom. The molecule has 1 aromatic heterocycles. The van der Waals surface area contributed by atoms with Gasteiger partial charge < -0.3 is 0 Å². The van der Waals surface area contributed by atoms with Crippen molar-refractivity contribution in [1.82, 2.24) is 10.2 Å². The molecule has 1 atom stereocenters. The first-order valence-corrected chi connectivity index (χ1v) is 10.9. The van der Waals surface area contributed by atoms with Crippen molar-refractivity contribution >= 4 is 38.1 Å². The number of benzene rings is 2. The maximum Gasteiger partial charge on any atom is 0.249 e. The summed E-state index contributed by atoms with van der Waals surface area (Å²) in [6.07, 6.45) is 0.918. The number of para-hydroxylation sites is 1. The number of carbonyl (C=O) groups is 1. The molecule has 2 aromatic carbocycles. The number of nitrogens with one attached hydrogen (secondary N) is 1. The van der Waals surface area contributed by atoms with Crippen molar-refractivity contribution in [1.29, 1.82) is 0 Å². The molecule has 10 heteroatoms. The molecule has 0 aliphatic heterocycles. The average Bonchev–Trinajstić information content (AvgIpc) is 3.11. The molecule has 1 amide bonds. The van der Waals surface area contributed by atoms with Crippen LogP contribution in [0.25, 0.3) is 10.6 Å². The molecule has 0 saturated heterocycles. The number of sulfonamides is 1. The lowest BCUT2D eigenvalue weighted by molar-refractivity contribution is -0.116. The highest BCUT2D eigenvalue weighted by Gasteiger charge is 2.31. The van der Waals surface area contributed by atoms with Crippen molar-refractivity contribution in [3.63, 3.8) is 0 Å². The monoisotopic (exact) mass is 420 g/mol. The topological polar surface area (TPSA) is 92.3 Å². The fourth-order valence-corrected chi connectivity index (χ4v) is 4.52. The fraction of sp³-hybridized carbons (Fsp3) is 0.167. The quantitative estimate of drug-likeness (QED) is 0.661. The average molecular weight is 420 g/mol. The molecule has 3 rings (SSSR count). The number of anilines is 2. The van der Waals surface area contributed by atoms with E-state index in [1.807, 2.05) is 30.3 Å². The molecule has 0 unspecified atom stereocenters. The van der Waals surface area contributed by atoms with E-state index in [0.29, 0.717) is 5.01 Å². The minimum Gasteiger partial charge on any atom is -0.299 e. The Kier molecular flexibility index (Phi) is 5.71. The van der Waals surface area contributed by atoms with Crippen LogP contribution in [0, 0.1) is 5.82 Å². The van der Waals surface area contributed by atoms with Gasteiger partial charge in [-0.3, -0.25) is 14.4 Å². The largest absolute Gasteiger partial charge is 0.299 e. The van der Waals surface area contributed by atoms with Crippen LogP contribution >= 0.6 is 11.3 Å². The van der Waals surface area contributed by atoms with Gasteiger partial charge in [0.1, 0.15) is 16.9 Å².